The fraction of sp³-hybridized carbons (Fsp3) is 0.222. The number of hydrogen-bond acceptors (Lipinski definition) is 4. The number of aryl methyl sites for hydroxylation is 1. The molecule has 1 aliphatic heterocycles. The molecule has 24 heavy (non-hydrogen) atoms. The maximum atomic E-state index is 12.0. The van der Waals surface area contributed by atoms with Crippen molar-refractivity contribution in [3.63, 3.8) is 0 Å². The highest BCUT2D eigenvalue weighted by Gasteiger charge is 2.13. The van der Waals surface area contributed by atoms with Gasteiger partial charge >= 0.3 is 0 Å². The Morgan fingerprint density at radius 3 is 2.71 bits per heavy atom. The number of nitrogens with one attached hydrogen (secondary N) is 1. The Bertz CT molecular complexity index is 772. The maximum Gasteiger partial charge on any atom is 0.271 e. The topological polar surface area (TPSA) is 59.9 Å². The monoisotopic (exact) mass is 388 g/mol. The fourth-order valence-corrected chi connectivity index (χ4v) is 2.55. The Labute approximate surface area is 148 Å². The molecule has 0 spiro atoms. The van der Waals surface area contributed by atoms with Gasteiger partial charge in [0.2, 0.25) is 6.79 Å². The molecule has 1 aliphatic rings. The van der Waals surface area contributed by atoms with Crippen LogP contribution in [-0.2, 0) is 6.42 Å². The van der Waals surface area contributed by atoms with Crippen molar-refractivity contribution in [3.8, 4) is 11.5 Å². The van der Waals surface area contributed by atoms with Crippen molar-refractivity contribution in [1.29, 1.82) is 0 Å². The van der Waals surface area contributed by atoms with Crippen LogP contribution >= 0.6 is 15.9 Å². The van der Waals surface area contributed by atoms with Crippen LogP contribution < -0.4 is 14.9 Å². The lowest BCUT2D eigenvalue weighted by atomic mass is 10.1. The van der Waals surface area contributed by atoms with Crippen LogP contribution in [0.2, 0.25) is 0 Å². The van der Waals surface area contributed by atoms with Gasteiger partial charge in [-0.15, -0.1) is 0 Å². The van der Waals surface area contributed by atoms with Crippen LogP contribution in [0.3, 0.4) is 0 Å². The Kier molecular flexibility index (Phi) is 5.15. The van der Waals surface area contributed by atoms with Crippen LogP contribution in [0.1, 0.15) is 29.3 Å². The van der Waals surface area contributed by atoms with Crippen molar-refractivity contribution in [3.05, 3.63) is 58.1 Å². The molecule has 0 saturated heterocycles. The van der Waals surface area contributed by atoms with Gasteiger partial charge in [0.25, 0.3) is 5.91 Å². The maximum absolute atomic E-state index is 12.0. The van der Waals surface area contributed by atoms with E-state index in [0.717, 1.165) is 40.1 Å². The number of benzene rings is 2. The van der Waals surface area contributed by atoms with Gasteiger partial charge in [-0.1, -0.05) is 22.0 Å². The summed E-state index contributed by atoms with van der Waals surface area (Å²) in [6.07, 6.45) is 1.57. The minimum Gasteiger partial charge on any atom is -0.454 e. The van der Waals surface area contributed by atoms with E-state index in [2.05, 4.69) is 26.5 Å². The lowest BCUT2D eigenvalue weighted by Crippen LogP contribution is -2.19. The van der Waals surface area contributed by atoms with Gasteiger partial charge in [-0.3, -0.25) is 4.79 Å². The van der Waals surface area contributed by atoms with E-state index in [1.165, 1.54) is 0 Å². The molecule has 0 saturated carbocycles. The van der Waals surface area contributed by atoms with Gasteiger partial charge in [0.05, 0.1) is 0 Å². The van der Waals surface area contributed by atoms with E-state index < -0.39 is 0 Å². The summed E-state index contributed by atoms with van der Waals surface area (Å²) in [5, 5.41) is 4.16. The molecule has 0 fully saturated rings. The Morgan fingerprint density at radius 2 is 1.92 bits per heavy atom. The molecule has 6 heteroatoms. The summed E-state index contributed by atoms with van der Waals surface area (Å²) in [7, 11) is 0. The number of nitrogens with zero attached hydrogens (tertiary/aromatic N) is 1. The molecule has 1 heterocycles. The molecule has 1 amide bonds. The van der Waals surface area contributed by atoms with Gasteiger partial charge in [-0.25, -0.2) is 5.43 Å². The molecular formula is C18H17BrN2O3. The SMILES string of the molecule is C/C(CCc1ccc2c(c1)OCO2)=N/NC(=O)c1ccc(Br)cc1. The van der Waals surface area contributed by atoms with Crippen LogP contribution in [0.5, 0.6) is 11.5 Å². The second-order valence-corrected chi connectivity index (χ2v) is 6.40. The molecule has 1 N–H and O–H groups in total. The minimum absolute atomic E-state index is 0.218. The van der Waals surface area contributed by atoms with Gasteiger partial charge in [-0.05, 0) is 61.7 Å². The van der Waals surface area contributed by atoms with Crippen LogP contribution in [0.4, 0.5) is 0 Å². The quantitative estimate of drug-likeness (QED) is 0.623. The van der Waals surface area contributed by atoms with Gasteiger partial charge in [0.1, 0.15) is 0 Å². The molecule has 3 rings (SSSR count). The number of fused-ring (bicyclic) bond motifs is 1. The zero-order chi connectivity index (χ0) is 16.9. The van der Waals surface area contributed by atoms with E-state index in [-0.39, 0.29) is 12.7 Å². The second kappa shape index (κ2) is 7.49. The number of halogens is 1. The van der Waals surface area contributed by atoms with Gasteiger partial charge in [0, 0.05) is 15.7 Å². The average molecular weight is 389 g/mol. The van der Waals surface area contributed by atoms with Crippen LogP contribution in [0.15, 0.2) is 52.0 Å². The van der Waals surface area contributed by atoms with Crippen LogP contribution in [-0.4, -0.2) is 18.4 Å². The Morgan fingerprint density at radius 1 is 1.17 bits per heavy atom. The van der Waals surface area contributed by atoms with E-state index in [4.69, 9.17) is 9.47 Å². The third kappa shape index (κ3) is 4.14. The molecule has 0 atom stereocenters. The standard InChI is InChI=1S/C18H17BrN2O3/c1-12(20-21-18(22)14-5-7-15(19)8-6-14)2-3-13-4-9-16-17(10-13)24-11-23-16/h4-10H,2-3,11H2,1H3,(H,21,22)/b20-12-. The van der Waals surface area contributed by atoms with Gasteiger partial charge < -0.3 is 9.47 Å². The number of rotatable bonds is 5. The van der Waals surface area contributed by atoms with E-state index in [1.54, 1.807) is 12.1 Å². The summed E-state index contributed by atoms with van der Waals surface area (Å²) in [5.41, 5.74) is 5.17. The first-order chi connectivity index (χ1) is 11.6. The minimum atomic E-state index is -0.218. The van der Waals surface area contributed by atoms with Crippen molar-refractivity contribution in [1.82, 2.24) is 5.43 Å². The van der Waals surface area contributed by atoms with Crippen LogP contribution in [0.25, 0.3) is 0 Å². The van der Waals surface area contributed by atoms with Gasteiger partial charge in [-0.2, -0.15) is 5.10 Å². The van der Waals surface area contributed by atoms with Crippen molar-refractivity contribution in [2.24, 2.45) is 5.10 Å². The van der Waals surface area contributed by atoms with Crippen molar-refractivity contribution >= 4 is 27.5 Å². The molecule has 0 radical (unpaired) electrons. The number of carbonyl (C=O) groups excluding carboxylic acids is 1. The first kappa shape index (κ1) is 16.5. The molecular weight excluding hydrogens is 372 g/mol. The zero-order valence-electron chi connectivity index (χ0n) is 13.2. The summed E-state index contributed by atoms with van der Waals surface area (Å²) < 4.78 is 11.6. The third-order valence-corrected chi connectivity index (χ3v) is 4.20. The Balaban J connectivity index is 1.52. The summed E-state index contributed by atoms with van der Waals surface area (Å²) in [6.45, 7) is 2.18. The summed E-state index contributed by atoms with van der Waals surface area (Å²) in [4.78, 5) is 12.0. The molecule has 0 aliphatic carbocycles. The second-order valence-electron chi connectivity index (χ2n) is 5.48. The van der Waals surface area contributed by atoms with Crippen molar-refractivity contribution < 1.29 is 14.3 Å². The highest BCUT2D eigenvalue weighted by molar-refractivity contribution is 9.10. The number of amides is 1. The molecule has 124 valence electrons. The normalized spacial score (nSPS) is 13.0. The number of ether oxygens (including phenoxy) is 2. The molecule has 0 bridgehead atoms. The molecule has 0 unspecified atom stereocenters. The Hall–Kier alpha value is -2.34. The lowest BCUT2D eigenvalue weighted by molar-refractivity contribution is 0.0954. The van der Waals surface area contributed by atoms with Crippen molar-refractivity contribution in [2.45, 2.75) is 19.8 Å². The third-order valence-electron chi connectivity index (χ3n) is 3.67. The molecule has 5 nitrogen and oxygen atoms in total. The number of carbonyl (C=O) groups is 1. The number of hydrogen-bond donors (Lipinski definition) is 1. The summed E-state index contributed by atoms with van der Waals surface area (Å²) in [6, 6.07) is 13.1. The zero-order valence-corrected chi connectivity index (χ0v) is 14.8. The average Bonchev–Trinajstić information content (AvgIpc) is 3.06. The highest BCUT2D eigenvalue weighted by atomic mass is 79.9. The predicted molar refractivity (Wildman–Crippen MR) is 95.6 cm³/mol. The summed E-state index contributed by atoms with van der Waals surface area (Å²) in [5.74, 6) is 1.35. The molecule has 2 aromatic carbocycles. The number of hydrazone groups is 1. The van der Waals surface area contributed by atoms with E-state index in [1.807, 2.05) is 37.3 Å². The van der Waals surface area contributed by atoms with E-state index in [9.17, 15) is 4.79 Å². The predicted octanol–water partition coefficient (Wildman–Crippen LogP) is 3.92. The first-order valence-corrected chi connectivity index (χ1v) is 8.39. The lowest BCUT2D eigenvalue weighted by Gasteiger charge is -2.05. The smallest absolute Gasteiger partial charge is 0.271 e. The highest BCUT2D eigenvalue weighted by Crippen LogP contribution is 2.32. The van der Waals surface area contributed by atoms with Crippen LogP contribution in [0, 0.1) is 0 Å². The molecule has 0 aromatic heterocycles. The largest absolute Gasteiger partial charge is 0.454 e. The van der Waals surface area contributed by atoms with Crippen molar-refractivity contribution in [2.75, 3.05) is 6.79 Å². The first-order valence-electron chi connectivity index (χ1n) is 7.59. The van der Waals surface area contributed by atoms with E-state index >= 15 is 0 Å². The fourth-order valence-electron chi connectivity index (χ4n) is 2.29. The summed E-state index contributed by atoms with van der Waals surface area (Å²) >= 11 is 3.34. The van der Waals surface area contributed by atoms with Gasteiger partial charge in [0.15, 0.2) is 11.5 Å². The van der Waals surface area contributed by atoms with E-state index in [0.29, 0.717) is 5.56 Å². The molecule has 2 aromatic rings.